The first kappa shape index (κ1) is 30.5. The van der Waals surface area contributed by atoms with Gasteiger partial charge in [0.1, 0.15) is 23.4 Å². The summed E-state index contributed by atoms with van der Waals surface area (Å²) in [6, 6.07) is 10.9. The molecule has 2 amide bonds. The number of hydrogen-bond donors (Lipinski definition) is 1. The van der Waals surface area contributed by atoms with Gasteiger partial charge in [0.05, 0.1) is 19.3 Å². The van der Waals surface area contributed by atoms with Crippen LogP contribution < -0.4 is 14.8 Å². The third kappa shape index (κ3) is 8.10. The summed E-state index contributed by atoms with van der Waals surface area (Å²) in [5.74, 6) is 1.59. The lowest BCUT2D eigenvalue weighted by Gasteiger charge is -2.36. The molecule has 1 aliphatic heterocycles. The Labute approximate surface area is 251 Å². The molecule has 5 rings (SSSR count). The molecule has 3 aromatic rings. The van der Waals surface area contributed by atoms with Crippen LogP contribution in [0.15, 0.2) is 47.0 Å². The highest BCUT2D eigenvalue weighted by Crippen LogP contribution is 2.29. The van der Waals surface area contributed by atoms with Gasteiger partial charge in [-0.25, -0.2) is 4.39 Å². The smallest absolute Gasteiger partial charge is 0.252 e. The van der Waals surface area contributed by atoms with Crippen LogP contribution in [0.25, 0.3) is 11.4 Å². The van der Waals surface area contributed by atoms with E-state index in [1.54, 1.807) is 55.3 Å². The summed E-state index contributed by atoms with van der Waals surface area (Å²) >= 11 is 0. The zero-order valence-electron chi connectivity index (χ0n) is 24.9. The van der Waals surface area contributed by atoms with Crippen molar-refractivity contribution in [3.05, 3.63) is 59.7 Å². The van der Waals surface area contributed by atoms with Crippen LogP contribution >= 0.6 is 0 Å². The molecule has 0 bridgehead atoms. The van der Waals surface area contributed by atoms with Crippen LogP contribution in [0.5, 0.6) is 11.5 Å². The van der Waals surface area contributed by atoms with E-state index in [1.165, 1.54) is 31.7 Å². The molecule has 43 heavy (non-hydrogen) atoms. The van der Waals surface area contributed by atoms with Crippen LogP contribution in [0.1, 0.15) is 55.3 Å². The van der Waals surface area contributed by atoms with E-state index >= 15 is 0 Å². The predicted octanol–water partition coefficient (Wildman–Crippen LogP) is 4.35. The van der Waals surface area contributed by atoms with Gasteiger partial charge in [0.25, 0.3) is 5.91 Å². The van der Waals surface area contributed by atoms with Crippen LogP contribution in [0.2, 0.25) is 0 Å². The Balaban J connectivity index is 1.00. The Kier molecular flexibility index (Phi) is 10.2. The maximum absolute atomic E-state index is 14.8. The summed E-state index contributed by atoms with van der Waals surface area (Å²) < 4.78 is 31.2. The molecule has 1 N–H and O–H groups in total. The SMILES string of the molecule is COc1cccc(C(=O)N[C@H](C)C(=O)N2CCN(CCCOc3ccc(-c4noc(CC5CCCC5)n4)c(F)c3)CC2)c1. The Bertz CT molecular complexity index is 1380. The monoisotopic (exact) mass is 593 g/mol. The zero-order valence-corrected chi connectivity index (χ0v) is 24.9. The molecule has 1 saturated carbocycles. The van der Waals surface area contributed by atoms with E-state index < -0.39 is 11.9 Å². The average molecular weight is 594 g/mol. The van der Waals surface area contributed by atoms with Crippen molar-refractivity contribution in [2.75, 3.05) is 46.4 Å². The van der Waals surface area contributed by atoms with Crippen molar-refractivity contribution in [3.8, 4) is 22.9 Å². The van der Waals surface area contributed by atoms with Crippen LogP contribution in [-0.2, 0) is 11.2 Å². The molecular weight excluding hydrogens is 553 g/mol. The number of nitrogens with one attached hydrogen (secondary N) is 1. The molecule has 0 spiro atoms. The summed E-state index contributed by atoms with van der Waals surface area (Å²) in [4.78, 5) is 34.0. The maximum atomic E-state index is 14.8. The molecule has 10 nitrogen and oxygen atoms in total. The lowest BCUT2D eigenvalue weighted by Crippen LogP contribution is -2.54. The molecule has 0 unspecified atom stereocenters. The Morgan fingerprint density at radius 3 is 2.63 bits per heavy atom. The van der Waals surface area contributed by atoms with Crippen molar-refractivity contribution in [2.24, 2.45) is 5.92 Å². The fourth-order valence-electron chi connectivity index (χ4n) is 5.73. The lowest BCUT2D eigenvalue weighted by atomic mass is 10.0. The number of carbonyl (C=O) groups excluding carboxylic acids is 2. The van der Waals surface area contributed by atoms with Gasteiger partial charge in [-0.2, -0.15) is 4.98 Å². The van der Waals surface area contributed by atoms with Gasteiger partial charge in [0.2, 0.25) is 17.6 Å². The van der Waals surface area contributed by atoms with Crippen molar-refractivity contribution >= 4 is 11.8 Å². The lowest BCUT2D eigenvalue weighted by molar-refractivity contribution is -0.134. The third-order valence-corrected chi connectivity index (χ3v) is 8.21. The first-order valence-corrected chi connectivity index (χ1v) is 15.1. The number of aromatic nitrogens is 2. The molecule has 0 radical (unpaired) electrons. The minimum Gasteiger partial charge on any atom is -0.497 e. The molecule has 1 saturated heterocycles. The number of amides is 2. The van der Waals surface area contributed by atoms with E-state index in [9.17, 15) is 14.0 Å². The number of methoxy groups -OCH3 is 1. The number of nitrogens with zero attached hydrogens (tertiary/aromatic N) is 4. The molecule has 1 aliphatic carbocycles. The fourth-order valence-corrected chi connectivity index (χ4v) is 5.73. The van der Waals surface area contributed by atoms with Gasteiger partial charge in [-0.1, -0.05) is 24.1 Å². The average Bonchev–Trinajstić information content (AvgIpc) is 3.72. The van der Waals surface area contributed by atoms with E-state index in [-0.39, 0.29) is 17.6 Å². The second-order valence-electron chi connectivity index (χ2n) is 11.3. The number of hydrogen-bond acceptors (Lipinski definition) is 8. The third-order valence-electron chi connectivity index (χ3n) is 8.21. The van der Waals surface area contributed by atoms with Gasteiger partial charge in [-0.15, -0.1) is 0 Å². The van der Waals surface area contributed by atoms with Gasteiger partial charge >= 0.3 is 0 Å². The number of halogens is 1. The summed E-state index contributed by atoms with van der Waals surface area (Å²) in [6.45, 7) is 5.60. The van der Waals surface area contributed by atoms with E-state index in [4.69, 9.17) is 14.0 Å². The summed E-state index contributed by atoms with van der Waals surface area (Å²) in [6.07, 6.45) is 6.37. The molecule has 1 atom stereocenters. The van der Waals surface area contributed by atoms with Gasteiger partial charge in [0, 0.05) is 50.8 Å². The fraction of sp³-hybridized carbons (Fsp3) is 0.500. The van der Waals surface area contributed by atoms with Crippen LogP contribution in [-0.4, -0.2) is 84.2 Å². The van der Waals surface area contributed by atoms with Crippen LogP contribution in [0.4, 0.5) is 4.39 Å². The minimum absolute atomic E-state index is 0.101. The number of carbonyl (C=O) groups is 2. The van der Waals surface area contributed by atoms with Gasteiger partial charge in [0.15, 0.2) is 0 Å². The standard InChI is InChI=1S/C32H40FN5O5/c1-22(34-31(39)24-9-5-10-25(20-24)41-2)32(40)38-16-14-37(15-17-38)13-6-18-42-26-11-12-27(28(33)21-26)30-35-29(43-36-30)19-23-7-3-4-8-23/h5,9-12,20-23H,3-4,6-8,13-19H2,1-2H3,(H,34,39)/t22-/m1/s1. The van der Waals surface area contributed by atoms with Crippen molar-refractivity contribution < 1.29 is 28.0 Å². The minimum atomic E-state index is -0.635. The number of rotatable bonds is 12. The molecule has 230 valence electrons. The van der Waals surface area contributed by atoms with Gasteiger partial charge in [-0.3, -0.25) is 14.5 Å². The Morgan fingerprint density at radius 2 is 1.88 bits per heavy atom. The molecule has 1 aromatic heterocycles. The molecule has 2 heterocycles. The highest BCUT2D eigenvalue weighted by atomic mass is 19.1. The second kappa shape index (κ2) is 14.5. The van der Waals surface area contributed by atoms with E-state index in [0.29, 0.717) is 54.1 Å². The largest absolute Gasteiger partial charge is 0.497 e. The highest BCUT2D eigenvalue weighted by Gasteiger charge is 2.26. The van der Waals surface area contributed by atoms with Crippen LogP contribution in [0.3, 0.4) is 0 Å². The van der Waals surface area contributed by atoms with E-state index in [1.807, 2.05) is 0 Å². The van der Waals surface area contributed by atoms with Crippen molar-refractivity contribution in [3.63, 3.8) is 0 Å². The van der Waals surface area contributed by atoms with E-state index in [0.717, 1.165) is 32.5 Å². The van der Waals surface area contributed by atoms with Crippen molar-refractivity contribution in [1.82, 2.24) is 25.3 Å². The number of piperazine rings is 1. The Hall–Kier alpha value is -3.99. The summed E-state index contributed by atoms with van der Waals surface area (Å²) in [7, 11) is 1.54. The zero-order chi connectivity index (χ0) is 30.2. The van der Waals surface area contributed by atoms with Crippen molar-refractivity contribution in [1.29, 1.82) is 0 Å². The first-order valence-electron chi connectivity index (χ1n) is 15.1. The molecule has 2 fully saturated rings. The van der Waals surface area contributed by atoms with Gasteiger partial charge in [-0.05, 0) is 62.4 Å². The number of benzene rings is 2. The first-order chi connectivity index (χ1) is 20.9. The number of ether oxygens (including phenoxy) is 2. The summed E-state index contributed by atoms with van der Waals surface area (Å²) in [5.41, 5.74) is 0.746. The normalized spacial score (nSPS) is 16.7. The van der Waals surface area contributed by atoms with Crippen molar-refractivity contribution in [2.45, 2.75) is 51.5 Å². The topological polar surface area (TPSA) is 110 Å². The molecule has 2 aliphatic rings. The maximum Gasteiger partial charge on any atom is 0.252 e. The molecule has 2 aromatic carbocycles. The highest BCUT2D eigenvalue weighted by molar-refractivity contribution is 5.97. The van der Waals surface area contributed by atoms with Gasteiger partial charge < -0.3 is 24.2 Å². The second-order valence-corrected chi connectivity index (χ2v) is 11.3. The predicted molar refractivity (Wildman–Crippen MR) is 158 cm³/mol. The van der Waals surface area contributed by atoms with Crippen LogP contribution in [0, 0.1) is 11.7 Å². The summed E-state index contributed by atoms with van der Waals surface area (Å²) in [5, 5.41) is 6.77. The Morgan fingerprint density at radius 1 is 1.09 bits per heavy atom. The van der Waals surface area contributed by atoms with E-state index in [2.05, 4.69) is 20.4 Å². The molecular formula is C32H40FN5O5. The molecule has 11 heteroatoms. The quantitative estimate of drug-likeness (QED) is 0.309.